The van der Waals surface area contributed by atoms with Crippen LogP contribution in [0.3, 0.4) is 0 Å². The molecule has 72 valence electrons. The van der Waals surface area contributed by atoms with Gasteiger partial charge in [0.15, 0.2) is 0 Å². The van der Waals surface area contributed by atoms with Crippen molar-refractivity contribution in [1.29, 1.82) is 0 Å². The molecule has 13 heavy (non-hydrogen) atoms. The van der Waals surface area contributed by atoms with Gasteiger partial charge in [-0.1, -0.05) is 19.4 Å². The van der Waals surface area contributed by atoms with Gasteiger partial charge in [0.25, 0.3) is 0 Å². The number of rotatable bonds is 4. The average molecular weight is 181 g/mol. The molecule has 0 atom stereocenters. The lowest BCUT2D eigenvalue weighted by Gasteiger charge is -2.03. The quantitative estimate of drug-likeness (QED) is 0.757. The highest BCUT2D eigenvalue weighted by molar-refractivity contribution is 5.25. The fourth-order valence-corrected chi connectivity index (χ4v) is 1.46. The van der Waals surface area contributed by atoms with Gasteiger partial charge in [0.2, 0.25) is 0 Å². The van der Waals surface area contributed by atoms with E-state index in [0.29, 0.717) is 6.54 Å². The first kappa shape index (κ1) is 10.2. The predicted molar refractivity (Wildman–Crippen MR) is 53.2 cm³/mol. The fraction of sp³-hybridized carbons (Fsp3) is 0.455. The van der Waals surface area contributed by atoms with Gasteiger partial charge in [-0.2, -0.15) is 0 Å². The minimum Gasteiger partial charge on any atom is -0.330 e. The number of halogens is 1. The van der Waals surface area contributed by atoms with Crippen molar-refractivity contribution in [3.8, 4) is 0 Å². The van der Waals surface area contributed by atoms with E-state index in [0.717, 1.165) is 30.4 Å². The first-order chi connectivity index (χ1) is 6.26. The summed E-state index contributed by atoms with van der Waals surface area (Å²) in [6, 6.07) is 5.20. The Hall–Kier alpha value is -0.890. The Morgan fingerprint density at radius 3 is 2.31 bits per heavy atom. The summed E-state index contributed by atoms with van der Waals surface area (Å²) < 4.78 is 13.0. The van der Waals surface area contributed by atoms with E-state index in [1.165, 1.54) is 0 Å². The summed E-state index contributed by atoms with van der Waals surface area (Å²) in [5.74, 6) is -0.144. The van der Waals surface area contributed by atoms with E-state index in [1.807, 2.05) is 6.07 Å². The molecule has 1 aromatic rings. The molecule has 0 unspecified atom stereocenters. The van der Waals surface area contributed by atoms with Crippen molar-refractivity contribution in [2.24, 2.45) is 5.73 Å². The molecule has 2 N–H and O–H groups in total. The molecular weight excluding hydrogens is 165 g/mol. The summed E-state index contributed by atoms with van der Waals surface area (Å²) >= 11 is 0. The topological polar surface area (TPSA) is 26.0 Å². The van der Waals surface area contributed by atoms with Gasteiger partial charge in [-0.3, -0.25) is 0 Å². The van der Waals surface area contributed by atoms with Crippen LogP contribution < -0.4 is 5.73 Å². The van der Waals surface area contributed by atoms with E-state index in [9.17, 15) is 4.39 Å². The molecule has 0 bridgehead atoms. The van der Waals surface area contributed by atoms with E-state index in [-0.39, 0.29) is 5.82 Å². The number of nitrogens with two attached hydrogens (primary N) is 1. The maximum absolute atomic E-state index is 13.0. The Morgan fingerprint density at radius 2 is 1.77 bits per heavy atom. The maximum Gasteiger partial charge on any atom is 0.123 e. The van der Waals surface area contributed by atoms with Crippen LogP contribution in [0.2, 0.25) is 0 Å². The van der Waals surface area contributed by atoms with Crippen molar-refractivity contribution < 1.29 is 4.39 Å². The standard InChI is InChI=1S/C11H16FN/c1-2-3-9-6-10(4-5-13)8-11(12)7-9/h6-8H,2-5,13H2,1H3. The molecule has 1 rings (SSSR count). The van der Waals surface area contributed by atoms with Gasteiger partial charge in [-0.05, 0) is 42.6 Å². The van der Waals surface area contributed by atoms with Crippen LogP contribution in [0.4, 0.5) is 4.39 Å². The van der Waals surface area contributed by atoms with Gasteiger partial charge < -0.3 is 5.73 Å². The lowest BCUT2D eigenvalue weighted by atomic mass is 10.0. The molecular formula is C11H16FN. The van der Waals surface area contributed by atoms with Crippen LogP contribution in [-0.2, 0) is 12.8 Å². The van der Waals surface area contributed by atoms with Crippen LogP contribution >= 0.6 is 0 Å². The molecule has 0 aliphatic rings. The van der Waals surface area contributed by atoms with Gasteiger partial charge in [0.1, 0.15) is 5.82 Å². The number of benzene rings is 1. The van der Waals surface area contributed by atoms with Crippen molar-refractivity contribution >= 4 is 0 Å². The highest BCUT2D eigenvalue weighted by Gasteiger charge is 1.99. The summed E-state index contributed by atoms with van der Waals surface area (Å²) in [7, 11) is 0. The molecule has 0 heterocycles. The molecule has 0 amide bonds. The lowest BCUT2D eigenvalue weighted by molar-refractivity contribution is 0.622. The first-order valence-corrected chi connectivity index (χ1v) is 4.74. The van der Waals surface area contributed by atoms with Crippen molar-refractivity contribution in [3.63, 3.8) is 0 Å². The van der Waals surface area contributed by atoms with Gasteiger partial charge >= 0.3 is 0 Å². The van der Waals surface area contributed by atoms with E-state index >= 15 is 0 Å². The summed E-state index contributed by atoms with van der Waals surface area (Å²) in [5.41, 5.74) is 7.49. The van der Waals surface area contributed by atoms with Crippen molar-refractivity contribution in [2.75, 3.05) is 6.54 Å². The van der Waals surface area contributed by atoms with Crippen LogP contribution in [0.5, 0.6) is 0 Å². The van der Waals surface area contributed by atoms with E-state index in [4.69, 9.17) is 5.73 Å². The van der Waals surface area contributed by atoms with Gasteiger partial charge in [0.05, 0.1) is 0 Å². The molecule has 0 spiro atoms. The van der Waals surface area contributed by atoms with Crippen LogP contribution in [0.25, 0.3) is 0 Å². The zero-order valence-corrected chi connectivity index (χ0v) is 8.02. The van der Waals surface area contributed by atoms with Gasteiger partial charge in [0, 0.05) is 0 Å². The molecule has 0 aliphatic heterocycles. The third-order valence-corrected chi connectivity index (χ3v) is 1.99. The highest BCUT2D eigenvalue weighted by atomic mass is 19.1. The Balaban J connectivity index is 2.83. The molecule has 1 aromatic carbocycles. The molecule has 0 fully saturated rings. The highest BCUT2D eigenvalue weighted by Crippen LogP contribution is 2.11. The molecule has 0 aromatic heterocycles. The Kier molecular flexibility index (Phi) is 3.90. The average Bonchev–Trinajstić information content (AvgIpc) is 2.04. The number of hydrogen-bond donors (Lipinski definition) is 1. The fourth-order valence-electron chi connectivity index (χ4n) is 1.46. The van der Waals surface area contributed by atoms with Gasteiger partial charge in [-0.15, -0.1) is 0 Å². The van der Waals surface area contributed by atoms with Crippen molar-refractivity contribution in [3.05, 3.63) is 35.1 Å². The van der Waals surface area contributed by atoms with E-state index in [1.54, 1.807) is 12.1 Å². The van der Waals surface area contributed by atoms with Gasteiger partial charge in [-0.25, -0.2) is 4.39 Å². The molecule has 0 saturated heterocycles. The second-order valence-corrected chi connectivity index (χ2v) is 3.26. The predicted octanol–water partition coefficient (Wildman–Crippen LogP) is 2.28. The Morgan fingerprint density at radius 1 is 1.15 bits per heavy atom. The maximum atomic E-state index is 13.0. The number of aryl methyl sites for hydroxylation is 1. The second kappa shape index (κ2) is 4.97. The summed E-state index contributed by atoms with van der Waals surface area (Å²) in [5, 5.41) is 0. The number of hydrogen-bond acceptors (Lipinski definition) is 1. The monoisotopic (exact) mass is 181 g/mol. The van der Waals surface area contributed by atoms with Crippen molar-refractivity contribution in [1.82, 2.24) is 0 Å². The molecule has 0 aliphatic carbocycles. The minimum atomic E-state index is -0.144. The third-order valence-electron chi connectivity index (χ3n) is 1.99. The normalized spacial score (nSPS) is 10.4. The second-order valence-electron chi connectivity index (χ2n) is 3.26. The molecule has 2 heteroatoms. The Bertz CT molecular complexity index is 247. The smallest absolute Gasteiger partial charge is 0.123 e. The SMILES string of the molecule is CCCc1cc(F)cc(CCN)c1. The van der Waals surface area contributed by atoms with Crippen LogP contribution in [0.1, 0.15) is 24.5 Å². The summed E-state index contributed by atoms with van der Waals surface area (Å²) in [4.78, 5) is 0. The van der Waals surface area contributed by atoms with Crippen LogP contribution in [0.15, 0.2) is 18.2 Å². The zero-order valence-electron chi connectivity index (χ0n) is 8.02. The van der Waals surface area contributed by atoms with Crippen LogP contribution in [-0.4, -0.2) is 6.54 Å². The van der Waals surface area contributed by atoms with Crippen molar-refractivity contribution in [2.45, 2.75) is 26.2 Å². The molecule has 1 nitrogen and oxygen atoms in total. The minimum absolute atomic E-state index is 0.144. The summed E-state index contributed by atoms with van der Waals surface area (Å²) in [6.45, 7) is 2.67. The lowest BCUT2D eigenvalue weighted by Crippen LogP contribution is -2.03. The molecule has 0 radical (unpaired) electrons. The van der Waals surface area contributed by atoms with E-state index in [2.05, 4.69) is 6.92 Å². The third kappa shape index (κ3) is 3.15. The largest absolute Gasteiger partial charge is 0.330 e. The first-order valence-electron chi connectivity index (χ1n) is 4.74. The van der Waals surface area contributed by atoms with Crippen LogP contribution in [0, 0.1) is 5.82 Å². The summed E-state index contributed by atoms with van der Waals surface area (Å²) in [6.07, 6.45) is 2.75. The van der Waals surface area contributed by atoms with E-state index < -0.39 is 0 Å². The molecule has 0 saturated carbocycles. The zero-order chi connectivity index (χ0) is 9.68. The Labute approximate surface area is 78.8 Å².